The number of halogens is 1. The lowest BCUT2D eigenvalue weighted by atomic mass is 10.1. The van der Waals surface area contributed by atoms with Gasteiger partial charge in [0.15, 0.2) is 0 Å². The molecule has 1 N–H and O–H groups in total. The Bertz CT molecular complexity index is 66.8. The van der Waals surface area contributed by atoms with Crippen molar-refractivity contribution in [2.45, 2.75) is 19.4 Å². The Labute approximate surface area is 61.0 Å². The van der Waals surface area contributed by atoms with Gasteiger partial charge in [-0.2, -0.15) is 0 Å². The fourth-order valence-corrected chi connectivity index (χ4v) is 1.81. The van der Waals surface area contributed by atoms with E-state index < -0.39 is 0 Å². The normalized spacial score (nSPS) is 24.8. The van der Waals surface area contributed by atoms with Crippen LogP contribution in [0.3, 0.4) is 0 Å². The number of hydrogen-bond donors (Lipinski definition) is 1. The smallest absolute Gasteiger partial charge is 0.0422 e. The molecule has 0 aromatic rings. The first-order valence-electron chi connectivity index (χ1n) is 2.53. The van der Waals surface area contributed by atoms with Crippen LogP contribution in [0.15, 0.2) is 0 Å². The van der Waals surface area contributed by atoms with Gasteiger partial charge in [-0.25, -0.2) is 0 Å². The summed E-state index contributed by atoms with van der Waals surface area (Å²) in [5.74, 6) is 2.39. The Hall–Kier alpha value is 0.600. The summed E-state index contributed by atoms with van der Waals surface area (Å²) in [5, 5.41) is 3.36. The average molecular weight is 154 g/mol. The SMILES string of the molecule is CC1(C)CSCN1.Cl. The van der Waals surface area contributed by atoms with Crippen LogP contribution in [0.5, 0.6) is 0 Å². The van der Waals surface area contributed by atoms with Crippen molar-refractivity contribution in [2.75, 3.05) is 11.6 Å². The minimum atomic E-state index is 0. The Kier molecular flexibility index (Phi) is 3.17. The first-order valence-corrected chi connectivity index (χ1v) is 3.69. The molecule has 0 radical (unpaired) electrons. The highest BCUT2D eigenvalue weighted by molar-refractivity contribution is 7.99. The Balaban J connectivity index is 0.000000490. The van der Waals surface area contributed by atoms with E-state index in [-0.39, 0.29) is 12.4 Å². The average Bonchev–Trinajstić information content (AvgIpc) is 1.84. The summed E-state index contributed by atoms with van der Waals surface area (Å²) < 4.78 is 0. The van der Waals surface area contributed by atoms with Gasteiger partial charge >= 0.3 is 0 Å². The second kappa shape index (κ2) is 2.95. The first-order chi connectivity index (χ1) is 3.21. The summed E-state index contributed by atoms with van der Waals surface area (Å²) in [6.45, 7) is 4.46. The van der Waals surface area contributed by atoms with E-state index in [4.69, 9.17) is 0 Å². The van der Waals surface area contributed by atoms with Gasteiger partial charge in [0.2, 0.25) is 0 Å². The third kappa shape index (κ3) is 2.25. The molecule has 0 unspecified atom stereocenters. The molecule has 1 saturated heterocycles. The molecule has 1 fully saturated rings. The third-order valence-electron chi connectivity index (χ3n) is 1.12. The molecule has 0 amide bonds. The third-order valence-corrected chi connectivity index (χ3v) is 2.39. The van der Waals surface area contributed by atoms with Crippen LogP contribution in [-0.4, -0.2) is 17.2 Å². The molecule has 0 saturated carbocycles. The van der Waals surface area contributed by atoms with E-state index in [9.17, 15) is 0 Å². The molecule has 0 aromatic heterocycles. The molecule has 0 aliphatic carbocycles. The zero-order valence-electron chi connectivity index (χ0n) is 5.23. The number of thioether (sulfide) groups is 1. The van der Waals surface area contributed by atoms with Crippen molar-refractivity contribution in [1.29, 1.82) is 0 Å². The van der Waals surface area contributed by atoms with Gasteiger partial charge in [0.1, 0.15) is 0 Å². The monoisotopic (exact) mass is 153 g/mol. The maximum Gasteiger partial charge on any atom is 0.0422 e. The van der Waals surface area contributed by atoms with Gasteiger partial charge in [0.25, 0.3) is 0 Å². The van der Waals surface area contributed by atoms with E-state index in [1.54, 1.807) is 0 Å². The minimum Gasteiger partial charge on any atom is -0.302 e. The molecule has 0 aromatic carbocycles. The van der Waals surface area contributed by atoms with Gasteiger partial charge in [-0.3, -0.25) is 0 Å². The van der Waals surface area contributed by atoms with Crippen molar-refractivity contribution in [3.8, 4) is 0 Å². The van der Waals surface area contributed by atoms with Gasteiger partial charge < -0.3 is 5.32 Å². The maximum absolute atomic E-state index is 3.36. The number of hydrogen-bond acceptors (Lipinski definition) is 2. The zero-order chi connectivity index (χ0) is 5.33. The molecular weight excluding hydrogens is 142 g/mol. The van der Waals surface area contributed by atoms with Crippen molar-refractivity contribution in [1.82, 2.24) is 5.32 Å². The molecule has 0 spiro atoms. The van der Waals surface area contributed by atoms with Crippen LogP contribution < -0.4 is 5.32 Å². The van der Waals surface area contributed by atoms with Crippen LogP contribution in [0, 0.1) is 0 Å². The van der Waals surface area contributed by atoms with Crippen molar-refractivity contribution < 1.29 is 0 Å². The van der Waals surface area contributed by atoms with Crippen LogP contribution in [0.4, 0.5) is 0 Å². The molecule has 0 bridgehead atoms. The molecule has 1 nitrogen and oxygen atoms in total. The Morgan fingerprint density at radius 1 is 1.50 bits per heavy atom. The van der Waals surface area contributed by atoms with Gasteiger partial charge in [-0.1, -0.05) is 0 Å². The molecule has 1 aliphatic rings. The second-order valence-electron chi connectivity index (χ2n) is 2.55. The quantitative estimate of drug-likeness (QED) is 0.566. The molecule has 8 heavy (non-hydrogen) atoms. The lowest BCUT2D eigenvalue weighted by molar-refractivity contribution is 0.491. The molecular formula is C5H12ClNS. The van der Waals surface area contributed by atoms with Crippen LogP contribution in [0.1, 0.15) is 13.8 Å². The lowest BCUT2D eigenvalue weighted by Crippen LogP contribution is -2.34. The largest absolute Gasteiger partial charge is 0.302 e. The number of nitrogens with one attached hydrogen (secondary N) is 1. The molecule has 0 atom stereocenters. The lowest BCUT2D eigenvalue weighted by Gasteiger charge is -2.14. The summed E-state index contributed by atoms with van der Waals surface area (Å²) in [7, 11) is 0. The zero-order valence-corrected chi connectivity index (χ0v) is 6.86. The standard InChI is InChI=1S/C5H11NS.ClH/c1-5(2)3-7-4-6-5;/h6H,3-4H2,1-2H3;1H. The molecule has 3 heteroatoms. The van der Waals surface area contributed by atoms with Gasteiger partial charge in [0, 0.05) is 17.2 Å². The van der Waals surface area contributed by atoms with Gasteiger partial charge in [-0.15, -0.1) is 24.2 Å². The van der Waals surface area contributed by atoms with Gasteiger partial charge in [0.05, 0.1) is 0 Å². The Morgan fingerprint density at radius 2 is 2.12 bits per heavy atom. The van der Waals surface area contributed by atoms with Crippen molar-refractivity contribution >= 4 is 24.2 Å². The summed E-state index contributed by atoms with van der Waals surface area (Å²) >= 11 is 1.97. The highest BCUT2D eigenvalue weighted by atomic mass is 35.5. The minimum absolute atomic E-state index is 0. The summed E-state index contributed by atoms with van der Waals surface area (Å²) in [6.07, 6.45) is 0. The van der Waals surface area contributed by atoms with Crippen LogP contribution >= 0.6 is 24.2 Å². The summed E-state index contributed by atoms with van der Waals surface area (Å²) in [4.78, 5) is 0. The van der Waals surface area contributed by atoms with E-state index >= 15 is 0 Å². The Morgan fingerprint density at radius 3 is 2.25 bits per heavy atom. The highest BCUT2D eigenvalue weighted by Crippen LogP contribution is 2.18. The summed E-state index contributed by atoms with van der Waals surface area (Å²) in [5.41, 5.74) is 0.407. The molecule has 1 rings (SSSR count). The predicted molar refractivity (Wildman–Crippen MR) is 41.8 cm³/mol. The first kappa shape index (κ1) is 8.60. The van der Waals surface area contributed by atoms with E-state index in [1.807, 2.05) is 11.8 Å². The highest BCUT2D eigenvalue weighted by Gasteiger charge is 2.21. The fraction of sp³-hybridized carbons (Fsp3) is 1.00. The van der Waals surface area contributed by atoms with Crippen molar-refractivity contribution in [3.05, 3.63) is 0 Å². The molecule has 1 heterocycles. The summed E-state index contributed by atoms with van der Waals surface area (Å²) in [6, 6.07) is 0. The molecule has 50 valence electrons. The maximum atomic E-state index is 3.36. The van der Waals surface area contributed by atoms with E-state index in [0.29, 0.717) is 5.54 Å². The molecule has 1 aliphatic heterocycles. The van der Waals surface area contributed by atoms with E-state index in [1.165, 1.54) is 5.75 Å². The van der Waals surface area contributed by atoms with Gasteiger partial charge in [-0.05, 0) is 13.8 Å². The van der Waals surface area contributed by atoms with Crippen LogP contribution in [0.2, 0.25) is 0 Å². The van der Waals surface area contributed by atoms with Crippen LogP contribution in [-0.2, 0) is 0 Å². The van der Waals surface area contributed by atoms with Crippen molar-refractivity contribution in [2.24, 2.45) is 0 Å². The predicted octanol–water partition coefficient (Wildman–Crippen LogP) is 1.48. The van der Waals surface area contributed by atoms with E-state index in [0.717, 1.165) is 5.88 Å². The fourth-order valence-electron chi connectivity index (χ4n) is 0.604. The van der Waals surface area contributed by atoms with Crippen LogP contribution in [0.25, 0.3) is 0 Å². The second-order valence-corrected chi connectivity index (χ2v) is 3.54. The topological polar surface area (TPSA) is 12.0 Å². The number of rotatable bonds is 0. The van der Waals surface area contributed by atoms with Crippen molar-refractivity contribution in [3.63, 3.8) is 0 Å². The van der Waals surface area contributed by atoms with E-state index in [2.05, 4.69) is 19.2 Å².